The molecule has 1 rings (SSSR count). The summed E-state index contributed by atoms with van der Waals surface area (Å²) < 4.78 is 4.83. The predicted molar refractivity (Wildman–Crippen MR) is 78.5 cm³/mol. The minimum atomic E-state index is -0.975. The summed E-state index contributed by atoms with van der Waals surface area (Å²) in [6.45, 7) is 3.81. The minimum absolute atomic E-state index is 0.255. The highest BCUT2D eigenvalue weighted by Crippen LogP contribution is 2.17. The number of nitrogens with one attached hydrogen (secondary N) is 1. The second-order valence-corrected chi connectivity index (χ2v) is 5.10. The van der Waals surface area contributed by atoms with Gasteiger partial charge in [0.15, 0.2) is 0 Å². The normalized spacial score (nSPS) is 13.3. The molecule has 0 bridgehead atoms. The van der Waals surface area contributed by atoms with Crippen LogP contribution in [-0.2, 0) is 9.53 Å². The van der Waals surface area contributed by atoms with E-state index in [2.05, 4.69) is 12.2 Å². The molecule has 0 aliphatic heterocycles. The maximum Gasteiger partial charge on any atom is 0.331 e. The molecule has 4 nitrogen and oxygen atoms in total. The van der Waals surface area contributed by atoms with Crippen molar-refractivity contribution < 1.29 is 14.3 Å². The van der Waals surface area contributed by atoms with E-state index in [0.29, 0.717) is 12.0 Å². The minimum Gasteiger partial charge on any atom is -0.467 e. The van der Waals surface area contributed by atoms with Crippen molar-refractivity contribution >= 4 is 11.9 Å². The molecule has 1 aromatic carbocycles. The van der Waals surface area contributed by atoms with Crippen LogP contribution in [0.3, 0.4) is 0 Å². The number of methoxy groups -OCH3 is 1. The average molecular weight is 277 g/mol. The van der Waals surface area contributed by atoms with Crippen LogP contribution in [0.15, 0.2) is 30.3 Å². The number of esters is 1. The van der Waals surface area contributed by atoms with Crippen molar-refractivity contribution in [2.75, 3.05) is 7.11 Å². The van der Waals surface area contributed by atoms with E-state index in [0.717, 1.165) is 19.3 Å². The molecular weight excluding hydrogens is 254 g/mol. The van der Waals surface area contributed by atoms with Crippen LogP contribution in [-0.4, -0.2) is 24.5 Å². The number of ether oxygens (including phenoxy) is 1. The van der Waals surface area contributed by atoms with E-state index in [1.165, 1.54) is 7.11 Å². The van der Waals surface area contributed by atoms with Gasteiger partial charge in [-0.2, -0.15) is 0 Å². The molecule has 0 saturated carbocycles. The Morgan fingerprint density at radius 1 is 1.20 bits per heavy atom. The lowest BCUT2D eigenvalue weighted by molar-refractivity contribution is -0.147. The number of amides is 1. The summed E-state index contributed by atoms with van der Waals surface area (Å²) in [5.41, 5.74) is -0.435. The number of hydrogen-bond acceptors (Lipinski definition) is 3. The number of carbonyl (C=O) groups is 2. The molecule has 4 heteroatoms. The van der Waals surface area contributed by atoms with E-state index < -0.39 is 11.5 Å². The van der Waals surface area contributed by atoms with Gasteiger partial charge in [0, 0.05) is 5.56 Å². The highest BCUT2D eigenvalue weighted by Gasteiger charge is 2.35. The number of carbonyl (C=O) groups excluding carboxylic acids is 2. The van der Waals surface area contributed by atoms with Gasteiger partial charge in [-0.25, -0.2) is 4.79 Å². The summed E-state index contributed by atoms with van der Waals surface area (Å²) in [4.78, 5) is 24.2. The molecule has 1 N–H and O–H groups in total. The van der Waals surface area contributed by atoms with E-state index in [9.17, 15) is 9.59 Å². The Hall–Kier alpha value is -1.84. The van der Waals surface area contributed by atoms with Crippen LogP contribution < -0.4 is 5.32 Å². The maximum absolute atomic E-state index is 12.2. The molecule has 1 amide bonds. The molecule has 0 radical (unpaired) electrons. The fraction of sp³-hybridized carbons (Fsp3) is 0.500. The highest BCUT2D eigenvalue weighted by molar-refractivity contribution is 5.97. The van der Waals surface area contributed by atoms with E-state index in [4.69, 9.17) is 4.74 Å². The molecule has 0 fully saturated rings. The molecule has 1 unspecified atom stereocenters. The van der Waals surface area contributed by atoms with Gasteiger partial charge in [0.1, 0.15) is 5.54 Å². The lowest BCUT2D eigenvalue weighted by Crippen LogP contribution is -2.52. The van der Waals surface area contributed by atoms with Crippen molar-refractivity contribution in [2.24, 2.45) is 0 Å². The van der Waals surface area contributed by atoms with E-state index >= 15 is 0 Å². The monoisotopic (exact) mass is 277 g/mol. The standard InChI is InChI=1S/C16H23NO3/c1-4-5-9-12-16(2,15(19)20-3)17-14(18)13-10-7-6-8-11-13/h6-8,10-11H,4-5,9,12H2,1-3H3,(H,17,18). The van der Waals surface area contributed by atoms with Crippen LogP contribution >= 0.6 is 0 Å². The van der Waals surface area contributed by atoms with Crippen molar-refractivity contribution in [1.29, 1.82) is 0 Å². The zero-order valence-electron chi connectivity index (χ0n) is 12.4. The molecule has 110 valence electrons. The van der Waals surface area contributed by atoms with Crippen LogP contribution in [0.5, 0.6) is 0 Å². The quantitative estimate of drug-likeness (QED) is 0.616. The van der Waals surface area contributed by atoms with Gasteiger partial charge in [-0.15, -0.1) is 0 Å². The summed E-state index contributed by atoms with van der Waals surface area (Å²) in [6.07, 6.45) is 3.53. The molecule has 1 aromatic rings. The molecule has 0 aliphatic carbocycles. The zero-order chi connectivity index (χ0) is 15.0. The lowest BCUT2D eigenvalue weighted by atomic mass is 9.93. The Kier molecular flexibility index (Phi) is 6.22. The SMILES string of the molecule is CCCCCC(C)(NC(=O)c1ccccc1)C(=O)OC. The summed E-state index contributed by atoms with van der Waals surface area (Å²) in [6, 6.07) is 8.87. The summed E-state index contributed by atoms with van der Waals surface area (Å²) in [5.74, 6) is -0.659. The summed E-state index contributed by atoms with van der Waals surface area (Å²) in [5, 5.41) is 2.81. The van der Waals surface area contributed by atoms with Crippen molar-refractivity contribution in [3.05, 3.63) is 35.9 Å². The second kappa shape index (κ2) is 7.68. The first-order valence-electron chi connectivity index (χ1n) is 6.99. The molecule has 0 saturated heterocycles. The number of hydrogen-bond donors (Lipinski definition) is 1. The van der Waals surface area contributed by atoms with Gasteiger partial charge >= 0.3 is 5.97 Å². The van der Waals surface area contributed by atoms with Gasteiger partial charge in [0.05, 0.1) is 7.11 Å². The zero-order valence-corrected chi connectivity index (χ0v) is 12.4. The number of benzene rings is 1. The van der Waals surface area contributed by atoms with Crippen molar-refractivity contribution in [2.45, 2.75) is 45.1 Å². The first-order valence-corrected chi connectivity index (χ1v) is 6.99. The third kappa shape index (κ3) is 4.37. The van der Waals surface area contributed by atoms with Crippen LogP contribution in [0.2, 0.25) is 0 Å². The van der Waals surface area contributed by atoms with Gasteiger partial charge in [0.25, 0.3) is 5.91 Å². The fourth-order valence-electron chi connectivity index (χ4n) is 2.08. The topological polar surface area (TPSA) is 55.4 Å². The van der Waals surface area contributed by atoms with Crippen LogP contribution in [0.25, 0.3) is 0 Å². The molecule has 0 spiro atoms. The van der Waals surface area contributed by atoms with Crippen LogP contribution in [0.4, 0.5) is 0 Å². The summed E-state index contributed by atoms with van der Waals surface area (Å²) in [7, 11) is 1.34. The van der Waals surface area contributed by atoms with E-state index in [-0.39, 0.29) is 5.91 Å². The van der Waals surface area contributed by atoms with Crippen molar-refractivity contribution in [3.63, 3.8) is 0 Å². The largest absolute Gasteiger partial charge is 0.467 e. The van der Waals surface area contributed by atoms with Gasteiger partial charge in [-0.3, -0.25) is 4.79 Å². The molecule has 1 atom stereocenters. The Morgan fingerprint density at radius 2 is 1.85 bits per heavy atom. The number of unbranched alkanes of at least 4 members (excludes halogenated alkanes) is 2. The second-order valence-electron chi connectivity index (χ2n) is 5.10. The average Bonchev–Trinajstić information content (AvgIpc) is 2.47. The lowest BCUT2D eigenvalue weighted by Gasteiger charge is -2.28. The molecule has 0 heterocycles. The first-order chi connectivity index (χ1) is 9.53. The van der Waals surface area contributed by atoms with Crippen molar-refractivity contribution in [3.8, 4) is 0 Å². The van der Waals surface area contributed by atoms with Gasteiger partial charge in [-0.05, 0) is 25.5 Å². The van der Waals surface area contributed by atoms with Crippen molar-refractivity contribution in [1.82, 2.24) is 5.32 Å². The van der Waals surface area contributed by atoms with Gasteiger partial charge in [-0.1, -0.05) is 44.4 Å². The van der Waals surface area contributed by atoms with E-state index in [1.54, 1.807) is 31.2 Å². The predicted octanol–water partition coefficient (Wildman–Crippen LogP) is 2.93. The fourth-order valence-corrected chi connectivity index (χ4v) is 2.08. The molecular formula is C16H23NO3. The molecule has 0 aliphatic rings. The maximum atomic E-state index is 12.2. The molecule has 20 heavy (non-hydrogen) atoms. The van der Waals surface area contributed by atoms with Crippen LogP contribution in [0, 0.1) is 0 Å². The van der Waals surface area contributed by atoms with Gasteiger partial charge < -0.3 is 10.1 Å². The van der Waals surface area contributed by atoms with Gasteiger partial charge in [0.2, 0.25) is 0 Å². The third-order valence-electron chi connectivity index (χ3n) is 3.34. The first kappa shape index (κ1) is 16.2. The van der Waals surface area contributed by atoms with Crippen LogP contribution in [0.1, 0.15) is 49.9 Å². The third-order valence-corrected chi connectivity index (χ3v) is 3.34. The summed E-state index contributed by atoms with van der Waals surface area (Å²) >= 11 is 0. The number of rotatable bonds is 7. The Bertz CT molecular complexity index is 444. The van der Waals surface area contributed by atoms with E-state index in [1.807, 2.05) is 6.07 Å². The molecule has 0 aromatic heterocycles. The Morgan fingerprint density at radius 3 is 2.40 bits per heavy atom. The smallest absolute Gasteiger partial charge is 0.331 e. The Labute approximate surface area is 120 Å². The highest BCUT2D eigenvalue weighted by atomic mass is 16.5. The Balaban J connectivity index is 2.79.